The molecule has 0 bridgehead atoms. The van der Waals surface area contributed by atoms with Crippen molar-refractivity contribution in [1.82, 2.24) is 40.5 Å². The average molecular weight is 254 g/mol. The van der Waals surface area contributed by atoms with Crippen molar-refractivity contribution in [3.63, 3.8) is 0 Å². The second-order valence-corrected chi connectivity index (χ2v) is 3.79. The van der Waals surface area contributed by atoms with Crippen molar-refractivity contribution in [2.45, 2.75) is 0 Å². The molecule has 19 heavy (non-hydrogen) atoms. The van der Waals surface area contributed by atoms with Gasteiger partial charge in [0.05, 0.1) is 11.8 Å². The van der Waals surface area contributed by atoms with Crippen molar-refractivity contribution >= 4 is 11.0 Å². The third kappa shape index (κ3) is 1.56. The highest BCUT2D eigenvalue weighted by Crippen LogP contribution is 2.21. The molecule has 4 rings (SSSR count). The van der Waals surface area contributed by atoms with Crippen molar-refractivity contribution in [2.75, 3.05) is 0 Å². The van der Waals surface area contributed by atoms with Gasteiger partial charge in [0.2, 0.25) is 5.82 Å². The predicted octanol–water partition coefficient (Wildman–Crippen LogP) is 0.793. The van der Waals surface area contributed by atoms with Gasteiger partial charge >= 0.3 is 0 Å². The summed E-state index contributed by atoms with van der Waals surface area (Å²) in [6.45, 7) is 0. The standard InChI is InChI=1S/C10H6N8O/c1-5-3-13-16-7(5)11-2-6(1)10-15-9(18-19-10)8-12-4-14-17-8/h1-4H,(H,11,13,16)(H,12,14,17). The van der Waals surface area contributed by atoms with E-state index in [2.05, 4.69) is 40.5 Å². The molecular weight excluding hydrogens is 248 g/mol. The molecule has 9 nitrogen and oxygen atoms in total. The Morgan fingerprint density at radius 2 is 2.05 bits per heavy atom. The van der Waals surface area contributed by atoms with E-state index in [0.29, 0.717) is 28.8 Å². The summed E-state index contributed by atoms with van der Waals surface area (Å²) in [6, 6.07) is 1.86. The van der Waals surface area contributed by atoms with Crippen LogP contribution in [0.4, 0.5) is 0 Å². The Hall–Kier alpha value is -3.10. The molecule has 0 aliphatic rings. The molecule has 0 fully saturated rings. The molecule has 0 amide bonds. The van der Waals surface area contributed by atoms with Gasteiger partial charge in [0.1, 0.15) is 6.33 Å². The number of aromatic amines is 2. The summed E-state index contributed by atoms with van der Waals surface area (Å²) >= 11 is 0. The van der Waals surface area contributed by atoms with Crippen molar-refractivity contribution in [3.8, 4) is 23.1 Å². The predicted molar refractivity (Wildman–Crippen MR) is 62.6 cm³/mol. The Labute approximate surface area is 105 Å². The molecule has 0 aliphatic heterocycles. The van der Waals surface area contributed by atoms with Crippen LogP contribution >= 0.6 is 0 Å². The highest BCUT2D eigenvalue weighted by atomic mass is 16.5. The monoisotopic (exact) mass is 254 g/mol. The summed E-state index contributed by atoms with van der Waals surface area (Å²) in [6.07, 6.45) is 4.70. The van der Waals surface area contributed by atoms with Crippen LogP contribution in [0, 0.1) is 0 Å². The first-order valence-electron chi connectivity index (χ1n) is 5.39. The third-order valence-corrected chi connectivity index (χ3v) is 2.59. The molecular formula is C10H6N8O. The molecule has 4 heterocycles. The van der Waals surface area contributed by atoms with E-state index in [1.807, 2.05) is 6.07 Å². The number of nitrogens with one attached hydrogen (secondary N) is 2. The fraction of sp³-hybridized carbons (Fsp3) is 0. The van der Waals surface area contributed by atoms with Crippen LogP contribution in [0.2, 0.25) is 0 Å². The molecule has 0 unspecified atom stereocenters. The molecule has 0 radical (unpaired) electrons. The molecule has 0 saturated carbocycles. The quantitative estimate of drug-likeness (QED) is 0.542. The van der Waals surface area contributed by atoms with Crippen LogP contribution in [-0.4, -0.2) is 40.5 Å². The van der Waals surface area contributed by atoms with Gasteiger partial charge in [0.15, 0.2) is 11.5 Å². The number of aromatic nitrogens is 8. The van der Waals surface area contributed by atoms with E-state index in [0.717, 1.165) is 5.39 Å². The van der Waals surface area contributed by atoms with Crippen molar-refractivity contribution in [3.05, 3.63) is 24.8 Å². The maximum absolute atomic E-state index is 5.18. The minimum absolute atomic E-state index is 0.347. The van der Waals surface area contributed by atoms with Gasteiger partial charge in [0.25, 0.3) is 5.89 Å². The van der Waals surface area contributed by atoms with Crippen LogP contribution in [-0.2, 0) is 0 Å². The second-order valence-electron chi connectivity index (χ2n) is 3.79. The fourth-order valence-corrected chi connectivity index (χ4v) is 1.70. The van der Waals surface area contributed by atoms with Crippen LogP contribution in [0.5, 0.6) is 0 Å². The molecule has 2 N–H and O–H groups in total. The van der Waals surface area contributed by atoms with E-state index in [-0.39, 0.29) is 0 Å². The first-order valence-corrected chi connectivity index (χ1v) is 5.39. The zero-order chi connectivity index (χ0) is 12.7. The highest BCUT2D eigenvalue weighted by Gasteiger charge is 2.13. The molecule has 92 valence electrons. The van der Waals surface area contributed by atoms with Crippen molar-refractivity contribution < 1.29 is 4.52 Å². The summed E-state index contributed by atoms with van der Waals surface area (Å²) in [5.74, 6) is 1.16. The zero-order valence-electron chi connectivity index (χ0n) is 9.40. The largest absolute Gasteiger partial charge is 0.333 e. The molecule has 0 saturated heterocycles. The minimum atomic E-state index is 0.347. The number of nitrogens with zero attached hydrogens (tertiary/aromatic N) is 6. The number of fused-ring (bicyclic) bond motifs is 1. The average Bonchev–Trinajstić information content (AvgIpc) is 3.18. The van der Waals surface area contributed by atoms with Crippen molar-refractivity contribution in [2.24, 2.45) is 0 Å². The lowest BCUT2D eigenvalue weighted by Gasteiger charge is -1.92. The van der Waals surface area contributed by atoms with E-state index in [4.69, 9.17) is 4.52 Å². The van der Waals surface area contributed by atoms with E-state index >= 15 is 0 Å². The lowest BCUT2D eigenvalue weighted by molar-refractivity contribution is 0.432. The minimum Gasteiger partial charge on any atom is -0.333 e. The van der Waals surface area contributed by atoms with Gasteiger partial charge in [-0.3, -0.25) is 10.2 Å². The van der Waals surface area contributed by atoms with Gasteiger partial charge in [-0.25, -0.2) is 9.97 Å². The third-order valence-electron chi connectivity index (χ3n) is 2.59. The molecule has 0 aliphatic carbocycles. The van der Waals surface area contributed by atoms with Crippen LogP contribution in [0.15, 0.2) is 29.3 Å². The Morgan fingerprint density at radius 1 is 1.05 bits per heavy atom. The Bertz CT molecular complexity index is 830. The molecule has 4 aromatic heterocycles. The molecule has 0 spiro atoms. The Morgan fingerprint density at radius 3 is 2.95 bits per heavy atom. The van der Waals surface area contributed by atoms with Crippen LogP contribution < -0.4 is 0 Å². The van der Waals surface area contributed by atoms with Gasteiger partial charge in [-0.15, -0.1) is 0 Å². The van der Waals surface area contributed by atoms with E-state index in [1.165, 1.54) is 6.33 Å². The molecule has 0 atom stereocenters. The maximum atomic E-state index is 5.18. The first kappa shape index (κ1) is 9.88. The lowest BCUT2D eigenvalue weighted by Crippen LogP contribution is -1.84. The Balaban J connectivity index is 1.79. The van der Waals surface area contributed by atoms with Gasteiger partial charge in [0, 0.05) is 11.6 Å². The lowest BCUT2D eigenvalue weighted by atomic mass is 10.2. The highest BCUT2D eigenvalue weighted by molar-refractivity contribution is 5.78. The van der Waals surface area contributed by atoms with Gasteiger partial charge in [-0.2, -0.15) is 15.2 Å². The van der Waals surface area contributed by atoms with Gasteiger partial charge in [-0.05, 0) is 6.07 Å². The number of hydrogen-bond acceptors (Lipinski definition) is 7. The van der Waals surface area contributed by atoms with Crippen LogP contribution in [0.1, 0.15) is 0 Å². The van der Waals surface area contributed by atoms with Crippen LogP contribution in [0.3, 0.4) is 0 Å². The number of H-pyrrole nitrogens is 2. The molecule has 9 heteroatoms. The van der Waals surface area contributed by atoms with E-state index in [9.17, 15) is 0 Å². The Kier molecular flexibility index (Phi) is 1.92. The number of hydrogen-bond donors (Lipinski definition) is 2. The smallest absolute Gasteiger partial charge is 0.259 e. The van der Waals surface area contributed by atoms with Crippen LogP contribution in [0.25, 0.3) is 34.1 Å². The summed E-state index contributed by atoms with van der Waals surface area (Å²) < 4.78 is 5.18. The topological polar surface area (TPSA) is 122 Å². The molecule has 4 aromatic rings. The number of pyridine rings is 1. The zero-order valence-corrected chi connectivity index (χ0v) is 9.40. The maximum Gasteiger partial charge on any atom is 0.259 e. The summed E-state index contributed by atoms with van der Waals surface area (Å²) in [4.78, 5) is 12.4. The number of rotatable bonds is 2. The summed E-state index contributed by atoms with van der Waals surface area (Å²) in [5, 5.41) is 17.8. The fourth-order valence-electron chi connectivity index (χ4n) is 1.70. The van der Waals surface area contributed by atoms with E-state index < -0.39 is 0 Å². The first-order chi connectivity index (χ1) is 9.40. The molecule has 0 aromatic carbocycles. The second kappa shape index (κ2) is 3.70. The van der Waals surface area contributed by atoms with Gasteiger partial charge in [-0.1, -0.05) is 5.16 Å². The SMILES string of the molecule is c1n[nH]c(-c2noc(-c3cnc4[nH]ncc4c3)n2)n1. The van der Waals surface area contributed by atoms with Crippen molar-refractivity contribution in [1.29, 1.82) is 0 Å². The normalized spacial score (nSPS) is 11.2. The van der Waals surface area contributed by atoms with Gasteiger partial charge < -0.3 is 4.52 Å². The summed E-state index contributed by atoms with van der Waals surface area (Å²) in [5.41, 5.74) is 1.42. The summed E-state index contributed by atoms with van der Waals surface area (Å²) in [7, 11) is 0. The van der Waals surface area contributed by atoms with E-state index in [1.54, 1.807) is 12.4 Å².